The van der Waals surface area contributed by atoms with Crippen molar-refractivity contribution in [3.8, 4) is 28.7 Å². The van der Waals surface area contributed by atoms with Crippen LogP contribution in [0.2, 0.25) is 0 Å². The van der Waals surface area contributed by atoms with Crippen molar-refractivity contribution in [2.24, 2.45) is 11.8 Å². The molecule has 3 N–H and O–H groups in total. The molecule has 5 rings (SSSR count). The number of hydrogen-bond donors (Lipinski definition) is 3. The molecule has 0 saturated carbocycles. The average Bonchev–Trinajstić information content (AvgIpc) is 3.34. The quantitative estimate of drug-likeness (QED) is 0.274. The molecule has 4 atom stereocenters. The third-order valence-electron chi connectivity index (χ3n) is 7.55. The molecule has 40 heavy (non-hydrogen) atoms. The Balaban J connectivity index is 1.62. The van der Waals surface area contributed by atoms with Gasteiger partial charge in [0.25, 0.3) is 0 Å². The molecule has 210 valence electrons. The topological polar surface area (TPSA) is 133 Å². The minimum absolute atomic E-state index is 0.157. The van der Waals surface area contributed by atoms with Crippen LogP contribution in [0.1, 0.15) is 45.9 Å². The minimum Gasteiger partial charge on any atom is -0.504 e. The predicted molar refractivity (Wildman–Crippen MR) is 144 cm³/mol. The molecule has 10 heteroatoms. The molecule has 1 saturated heterocycles. The number of phenolic OH excluding ortho intramolecular Hbond substituents is 2. The summed E-state index contributed by atoms with van der Waals surface area (Å²) >= 11 is 0. The largest absolute Gasteiger partial charge is 0.504 e. The van der Waals surface area contributed by atoms with Crippen molar-refractivity contribution >= 4 is 17.6 Å². The van der Waals surface area contributed by atoms with Crippen LogP contribution < -0.4 is 19.5 Å². The number of esters is 2. The van der Waals surface area contributed by atoms with Crippen LogP contribution >= 0.6 is 0 Å². The number of cyclic esters (lactones) is 1. The molecule has 3 aromatic rings. The molecule has 3 aromatic carbocycles. The van der Waals surface area contributed by atoms with Gasteiger partial charge in [-0.05, 0) is 72.1 Å². The fourth-order valence-electron chi connectivity index (χ4n) is 5.76. The Morgan fingerprint density at radius 1 is 0.950 bits per heavy atom. The van der Waals surface area contributed by atoms with Gasteiger partial charge < -0.3 is 39.2 Å². The maximum Gasteiger partial charge on any atom is 0.338 e. The van der Waals surface area contributed by atoms with Crippen LogP contribution in [0.25, 0.3) is 0 Å². The highest BCUT2D eigenvalue weighted by Crippen LogP contribution is 2.55. The Bertz CT molecular complexity index is 1410. The maximum absolute atomic E-state index is 13.3. The first-order valence-electron chi connectivity index (χ1n) is 12.9. The molecule has 1 heterocycles. The van der Waals surface area contributed by atoms with E-state index in [2.05, 4.69) is 5.32 Å². The number of fused-ring (bicyclic) bond motifs is 2. The second-order valence-corrected chi connectivity index (χ2v) is 9.65. The Morgan fingerprint density at radius 2 is 1.57 bits per heavy atom. The lowest BCUT2D eigenvalue weighted by atomic mass is 9.65. The zero-order valence-electron chi connectivity index (χ0n) is 22.6. The van der Waals surface area contributed by atoms with Crippen LogP contribution in [0.3, 0.4) is 0 Å². The number of benzene rings is 3. The third kappa shape index (κ3) is 4.59. The highest BCUT2D eigenvalue weighted by molar-refractivity contribution is 5.89. The van der Waals surface area contributed by atoms with Gasteiger partial charge in [-0.15, -0.1) is 0 Å². The van der Waals surface area contributed by atoms with Gasteiger partial charge in [0, 0.05) is 17.5 Å². The Kier molecular flexibility index (Phi) is 7.34. The predicted octanol–water partition coefficient (Wildman–Crippen LogP) is 4.39. The molecular formula is C30H31NO9. The first-order chi connectivity index (χ1) is 19.3. The van der Waals surface area contributed by atoms with Crippen molar-refractivity contribution in [3.05, 3.63) is 70.8 Å². The van der Waals surface area contributed by atoms with E-state index in [1.807, 2.05) is 0 Å². The number of nitrogens with one attached hydrogen (secondary N) is 1. The molecule has 0 radical (unpaired) electrons. The number of anilines is 1. The van der Waals surface area contributed by atoms with E-state index in [1.54, 1.807) is 43.3 Å². The van der Waals surface area contributed by atoms with E-state index in [9.17, 15) is 19.8 Å². The van der Waals surface area contributed by atoms with E-state index in [1.165, 1.54) is 33.5 Å². The Hall–Kier alpha value is -4.60. The number of phenols is 2. The summed E-state index contributed by atoms with van der Waals surface area (Å²) in [7, 11) is 4.54. The lowest BCUT2D eigenvalue weighted by Crippen LogP contribution is -2.37. The van der Waals surface area contributed by atoms with Gasteiger partial charge in [-0.3, -0.25) is 4.79 Å². The molecule has 2 aliphatic rings. The zero-order chi connectivity index (χ0) is 28.6. The van der Waals surface area contributed by atoms with Gasteiger partial charge in [-0.1, -0.05) is 0 Å². The van der Waals surface area contributed by atoms with Crippen molar-refractivity contribution in [2.75, 3.05) is 39.9 Å². The van der Waals surface area contributed by atoms with Crippen molar-refractivity contribution in [1.29, 1.82) is 0 Å². The van der Waals surface area contributed by atoms with Crippen LogP contribution in [0.5, 0.6) is 28.7 Å². The summed E-state index contributed by atoms with van der Waals surface area (Å²) in [4.78, 5) is 25.4. The van der Waals surface area contributed by atoms with E-state index in [-0.39, 0.29) is 36.6 Å². The molecule has 0 unspecified atom stereocenters. The molecule has 0 spiro atoms. The molecule has 1 aliphatic carbocycles. The van der Waals surface area contributed by atoms with Crippen molar-refractivity contribution in [2.45, 2.75) is 18.9 Å². The SMILES string of the molecule is CCOC(=O)c1ccc(N[C@@H]2c3cc(O)c(O)cc3[C@@H](c3cc(OC)c(OC)c(OC)c3)[C@H]3C(=O)OC[C@@H]32)cc1. The van der Waals surface area contributed by atoms with Gasteiger partial charge in [-0.25, -0.2) is 4.79 Å². The zero-order valence-corrected chi connectivity index (χ0v) is 22.6. The van der Waals surface area contributed by atoms with Gasteiger partial charge >= 0.3 is 11.9 Å². The molecular weight excluding hydrogens is 518 g/mol. The van der Waals surface area contributed by atoms with E-state index in [4.69, 9.17) is 23.7 Å². The van der Waals surface area contributed by atoms with Crippen LogP contribution in [0.4, 0.5) is 5.69 Å². The Morgan fingerprint density at radius 3 is 2.15 bits per heavy atom. The summed E-state index contributed by atoms with van der Waals surface area (Å²) in [5.74, 6) is -1.60. The first kappa shape index (κ1) is 27.0. The maximum atomic E-state index is 13.3. The smallest absolute Gasteiger partial charge is 0.338 e. The van der Waals surface area contributed by atoms with Crippen LogP contribution in [-0.2, 0) is 14.3 Å². The number of aromatic hydroxyl groups is 2. The van der Waals surface area contributed by atoms with Gasteiger partial charge in [0.05, 0.1) is 52.1 Å². The number of carbonyl (C=O) groups excluding carboxylic acids is 2. The van der Waals surface area contributed by atoms with Crippen LogP contribution in [-0.4, -0.2) is 56.7 Å². The van der Waals surface area contributed by atoms with E-state index in [0.717, 1.165) is 0 Å². The second-order valence-electron chi connectivity index (χ2n) is 9.65. The summed E-state index contributed by atoms with van der Waals surface area (Å²) in [5, 5.41) is 24.5. The van der Waals surface area contributed by atoms with E-state index < -0.39 is 23.8 Å². The number of ether oxygens (including phenoxy) is 5. The molecule has 10 nitrogen and oxygen atoms in total. The normalized spacial score (nSPS) is 21.1. The number of hydrogen-bond acceptors (Lipinski definition) is 10. The highest BCUT2D eigenvalue weighted by Gasteiger charge is 2.52. The van der Waals surface area contributed by atoms with Crippen LogP contribution in [0, 0.1) is 11.8 Å². The highest BCUT2D eigenvalue weighted by atomic mass is 16.5. The lowest BCUT2D eigenvalue weighted by Gasteiger charge is -2.40. The third-order valence-corrected chi connectivity index (χ3v) is 7.55. The van der Waals surface area contributed by atoms with Gasteiger partial charge in [0.1, 0.15) is 0 Å². The first-order valence-corrected chi connectivity index (χ1v) is 12.9. The number of rotatable bonds is 8. The summed E-state index contributed by atoms with van der Waals surface area (Å²) in [6.07, 6.45) is 0. The summed E-state index contributed by atoms with van der Waals surface area (Å²) in [6.45, 7) is 2.18. The van der Waals surface area contributed by atoms with Gasteiger partial charge in [-0.2, -0.15) is 0 Å². The number of carbonyl (C=O) groups is 2. The van der Waals surface area contributed by atoms with Crippen molar-refractivity contribution in [1.82, 2.24) is 0 Å². The number of methoxy groups -OCH3 is 3. The fourth-order valence-corrected chi connectivity index (χ4v) is 5.76. The van der Waals surface area contributed by atoms with Gasteiger partial charge in [0.15, 0.2) is 23.0 Å². The van der Waals surface area contributed by atoms with Crippen molar-refractivity contribution in [3.63, 3.8) is 0 Å². The molecule has 1 aliphatic heterocycles. The summed E-state index contributed by atoms with van der Waals surface area (Å²) < 4.78 is 27.3. The molecule has 0 aromatic heterocycles. The lowest BCUT2D eigenvalue weighted by molar-refractivity contribution is -0.141. The van der Waals surface area contributed by atoms with Crippen LogP contribution in [0.15, 0.2) is 48.5 Å². The molecule has 1 fully saturated rings. The second kappa shape index (κ2) is 10.9. The fraction of sp³-hybridized carbons (Fsp3) is 0.333. The van der Waals surface area contributed by atoms with E-state index >= 15 is 0 Å². The van der Waals surface area contributed by atoms with E-state index in [0.29, 0.717) is 45.2 Å². The Labute approximate surface area is 231 Å². The summed E-state index contributed by atoms with van der Waals surface area (Å²) in [6, 6.07) is 12.9. The standard InChI is InChI=1S/C30H31NO9/c1-5-39-29(34)15-6-8-17(9-7-15)31-27-19-13-22(33)21(32)12-18(19)25(26-20(27)14-40-30(26)35)16-10-23(36-2)28(38-4)24(11-16)37-3/h6-13,20,25-27,31-33H,5,14H2,1-4H3/t20-,25+,26-,27+/m0/s1. The summed E-state index contributed by atoms with van der Waals surface area (Å²) in [5.41, 5.74) is 3.15. The van der Waals surface area contributed by atoms with Crippen molar-refractivity contribution < 1.29 is 43.5 Å². The van der Waals surface area contributed by atoms with Gasteiger partial charge in [0.2, 0.25) is 5.75 Å². The molecule has 0 amide bonds. The minimum atomic E-state index is -0.615. The molecule has 0 bridgehead atoms. The average molecular weight is 550 g/mol. The monoisotopic (exact) mass is 549 g/mol.